The number of rotatable bonds is 5. The van der Waals surface area contributed by atoms with E-state index in [-0.39, 0.29) is 11.7 Å². The molecule has 1 amide bonds. The Labute approximate surface area is 146 Å². The van der Waals surface area contributed by atoms with Crippen molar-refractivity contribution in [2.75, 3.05) is 5.32 Å². The SMILES string of the molecule is CCc1c(C(=O)Nc2ccc(C(C)=O)cc2)cnn1-c1ccccc1. The second-order valence-corrected chi connectivity index (χ2v) is 5.69. The van der Waals surface area contributed by atoms with Gasteiger partial charge in [0, 0.05) is 11.3 Å². The molecule has 0 aliphatic rings. The molecular weight excluding hydrogens is 314 g/mol. The van der Waals surface area contributed by atoms with E-state index in [1.165, 1.54) is 6.92 Å². The summed E-state index contributed by atoms with van der Waals surface area (Å²) >= 11 is 0. The highest BCUT2D eigenvalue weighted by molar-refractivity contribution is 6.05. The lowest BCUT2D eigenvalue weighted by molar-refractivity contribution is 0.101. The molecule has 1 aromatic heterocycles. The molecular formula is C20H19N3O2. The third-order valence-corrected chi connectivity index (χ3v) is 4.00. The third-order valence-electron chi connectivity index (χ3n) is 4.00. The number of amides is 1. The van der Waals surface area contributed by atoms with E-state index in [0.29, 0.717) is 23.2 Å². The van der Waals surface area contributed by atoms with Crippen molar-refractivity contribution in [3.8, 4) is 5.69 Å². The van der Waals surface area contributed by atoms with Crippen molar-refractivity contribution in [3.05, 3.63) is 77.6 Å². The summed E-state index contributed by atoms with van der Waals surface area (Å²) in [6.07, 6.45) is 2.27. The van der Waals surface area contributed by atoms with Crippen molar-refractivity contribution < 1.29 is 9.59 Å². The maximum absolute atomic E-state index is 12.6. The maximum Gasteiger partial charge on any atom is 0.259 e. The molecule has 0 unspecified atom stereocenters. The van der Waals surface area contributed by atoms with E-state index in [4.69, 9.17) is 0 Å². The number of nitrogens with zero attached hydrogens (tertiary/aromatic N) is 2. The lowest BCUT2D eigenvalue weighted by Crippen LogP contribution is -2.14. The van der Waals surface area contributed by atoms with Gasteiger partial charge in [0.2, 0.25) is 0 Å². The van der Waals surface area contributed by atoms with Gasteiger partial charge in [0.05, 0.1) is 23.1 Å². The topological polar surface area (TPSA) is 64.0 Å². The van der Waals surface area contributed by atoms with Crippen LogP contribution < -0.4 is 5.32 Å². The van der Waals surface area contributed by atoms with Crippen LogP contribution >= 0.6 is 0 Å². The molecule has 0 saturated heterocycles. The minimum absolute atomic E-state index is 0.00437. The molecule has 3 aromatic rings. The molecule has 1 N–H and O–H groups in total. The van der Waals surface area contributed by atoms with E-state index >= 15 is 0 Å². The molecule has 126 valence electrons. The average Bonchev–Trinajstić information content (AvgIpc) is 3.07. The van der Waals surface area contributed by atoms with Crippen LogP contribution in [0.2, 0.25) is 0 Å². The van der Waals surface area contributed by atoms with Crippen molar-refractivity contribution in [3.63, 3.8) is 0 Å². The molecule has 0 aliphatic carbocycles. The average molecular weight is 333 g/mol. The third kappa shape index (κ3) is 3.50. The number of carbonyl (C=O) groups is 2. The van der Waals surface area contributed by atoms with Crippen LogP contribution in [0.3, 0.4) is 0 Å². The number of Topliss-reactive ketones (excluding diaryl/α,β-unsaturated/α-hetero) is 1. The van der Waals surface area contributed by atoms with Crippen molar-refractivity contribution in [1.29, 1.82) is 0 Å². The van der Waals surface area contributed by atoms with Gasteiger partial charge in [0.15, 0.2) is 5.78 Å². The first-order valence-corrected chi connectivity index (χ1v) is 8.15. The molecule has 5 heteroatoms. The molecule has 0 fully saturated rings. The van der Waals surface area contributed by atoms with Gasteiger partial charge in [-0.25, -0.2) is 4.68 Å². The summed E-state index contributed by atoms with van der Waals surface area (Å²) in [6, 6.07) is 16.6. The lowest BCUT2D eigenvalue weighted by Gasteiger charge is -2.09. The van der Waals surface area contributed by atoms with Crippen LogP contribution in [0.4, 0.5) is 5.69 Å². The molecule has 1 heterocycles. The molecule has 0 spiro atoms. The Hall–Kier alpha value is -3.21. The first-order valence-electron chi connectivity index (χ1n) is 8.15. The van der Waals surface area contributed by atoms with E-state index < -0.39 is 0 Å². The zero-order valence-corrected chi connectivity index (χ0v) is 14.2. The Morgan fingerprint density at radius 1 is 1.04 bits per heavy atom. The molecule has 0 radical (unpaired) electrons. The molecule has 0 atom stereocenters. The summed E-state index contributed by atoms with van der Waals surface area (Å²) in [6.45, 7) is 3.51. The van der Waals surface area contributed by atoms with Gasteiger partial charge >= 0.3 is 0 Å². The molecule has 0 aliphatic heterocycles. The Kier molecular flexibility index (Phi) is 4.75. The molecule has 3 rings (SSSR count). The van der Waals surface area contributed by atoms with Crippen molar-refractivity contribution in [1.82, 2.24) is 9.78 Å². The van der Waals surface area contributed by atoms with E-state index in [2.05, 4.69) is 10.4 Å². The normalized spacial score (nSPS) is 10.5. The summed E-state index contributed by atoms with van der Waals surface area (Å²) < 4.78 is 1.79. The zero-order chi connectivity index (χ0) is 17.8. The molecule has 2 aromatic carbocycles. The predicted octanol–water partition coefficient (Wildman–Crippen LogP) is 3.89. The summed E-state index contributed by atoms with van der Waals surface area (Å²) in [5.41, 5.74) is 3.57. The van der Waals surface area contributed by atoms with E-state index in [1.54, 1.807) is 35.1 Å². The van der Waals surface area contributed by atoms with Crippen LogP contribution in [0.5, 0.6) is 0 Å². The summed E-state index contributed by atoms with van der Waals surface area (Å²) in [5, 5.41) is 7.23. The van der Waals surface area contributed by atoms with Crippen molar-refractivity contribution in [2.24, 2.45) is 0 Å². The minimum atomic E-state index is -0.213. The summed E-state index contributed by atoms with van der Waals surface area (Å²) in [5.74, 6) is -0.218. The van der Waals surface area contributed by atoms with Gasteiger partial charge in [-0.1, -0.05) is 25.1 Å². The fourth-order valence-corrected chi connectivity index (χ4v) is 2.68. The van der Waals surface area contributed by atoms with E-state index in [1.807, 2.05) is 37.3 Å². The van der Waals surface area contributed by atoms with Gasteiger partial charge in [-0.2, -0.15) is 5.10 Å². The number of nitrogens with one attached hydrogen (secondary N) is 1. The number of aromatic nitrogens is 2. The number of benzene rings is 2. The van der Waals surface area contributed by atoms with Gasteiger partial charge < -0.3 is 5.32 Å². The number of hydrogen-bond acceptors (Lipinski definition) is 3. The Bertz CT molecular complexity index is 896. The zero-order valence-electron chi connectivity index (χ0n) is 14.2. The van der Waals surface area contributed by atoms with E-state index in [9.17, 15) is 9.59 Å². The number of ketones is 1. The highest BCUT2D eigenvalue weighted by Crippen LogP contribution is 2.18. The van der Waals surface area contributed by atoms with Crippen LogP contribution in [-0.2, 0) is 6.42 Å². The predicted molar refractivity (Wildman–Crippen MR) is 97.3 cm³/mol. The quantitative estimate of drug-likeness (QED) is 0.721. The molecule has 5 nitrogen and oxygen atoms in total. The van der Waals surface area contributed by atoms with Gasteiger partial charge in [0.25, 0.3) is 5.91 Å². The molecule has 0 saturated carbocycles. The van der Waals surface area contributed by atoms with Gasteiger partial charge in [-0.3, -0.25) is 9.59 Å². The van der Waals surface area contributed by atoms with Gasteiger partial charge in [0.1, 0.15) is 0 Å². The van der Waals surface area contributed by atoms with Crippen molar-refractivity contribution >= 4 is 17.4 Å². The number of anilines is 1. The smallest absolute Gasteiger partial charge is 0.259 e. The van der Waals surface area contributed by atoms with Crippen LogP contribution in [0.25, 0.3) is 5.69 Å². The number of carbonyl (C=O) groups excluding carboxylic acids is 2. The number of para-hydroxylation sites is 1. The largest absolute Gasteiger partial charge is 0.322 e. The highest BCUT2D eigenvalue weighted by Gasteiger charge is 2.17. The van der Waals surface area contributed by atoms with E-state index in [0.717, 1.165) is 11.4 Å². The minimum Gasteiger partial charge on any atom is -0.322 e. The summed E-state index contributed by atoms with van der Waals surface area (Å²) in [7, 11) is 0. The standard InChI is InChI=1S/C20H19N3O2/c1-3-19-18(13-21-23(19)17-7-5-4-6-8-17)20(25)22-16-11-9-15(10-12-16)14(2)24/h4-13H,3H2,1-2H3,(H,22,25). The van der Waals surface area contributed by atoms with Crippen LogP contribution in [0.1, 0.15) is 40.3 Å². The van der Waals surface area contributed by atoms with Crippen LogP contribution in [-0.4, -0.2) is 21.5 Å². The number of hydrogen-bond donors (Lipinski definition) is 1. The Morgan fingerprint density at radius 2 is 1.72 bits per heavy atom. The van der Waals surface area contributed by atoms with Crippen LogP contribution in [0.15, 0.2) is 60.8 Å². The van der Waals surface area contributed by atoms with Crippen LogP contribution in [0, 0.1) is 0 Å². The first kappa shape index (κ1) is 16.6. The monoisotopic (exact) mass is 333 g/mol. The van der Waals surface area contributed by atoms with Gasteiger partial charge in [-0.15, -0.1) is 0 Å². The maximum atomic E-state index is 12.6. The second kappa shape index (κ2) is 7.13. The Balaban J connectivity index is 1.85. The fraction of sp³-hybridized carbons (Fsp3) is 0.150. The molecule has 0 bridgehead atoms. The molecule has 25 heavy (non-hydrogen) atoms. The first-order chi connectivity index (χ1) is 12.1. The van der Waals surface area contributed by atoms with Crippen molar-refractivity contribution in [2.45, 2.75) is 20.3 Å². The highest BCUT2D eigenvalue weighted by atomic mass is 16.1. The lowest BCUT2D eigenvalue weighted by atomic mass is 10.1. The fourth-order valence-electron chi connectivity index (χ4n) is 2.68. The summed E-state index contributed by atoms with van der Waals surface area (Å²) in [4.78, 5) is 23.9. The Morgan fingerprint density at radius 3 is 2.32 bits per heavy atom. The van der Waals surface area contributed by atoms with Gasteiger partial charge in [-0.05, 0) is 49.7 Å². The second-order valence-electron chi connectivity index (χ2n) is 5.69.